The third kappa shape index (κ3) is 1.77. The highest BCUT2D eigenvalue weighted by molar-refractivity contribution is 7.80. The molecule has 1 aliphatic heterocycles. The number of hydrogen-bond acceptors (Lipinski definition) is 2. The summed E-state index contributed by atoms with van der Waals surface area (Å²) in [5.74, 6) is 0.877. The van der Waals surface area contributed by atoms with Gasteiger partial charge in [-0.2, -0.15) is 0 Å². The van der Waals surface area contributed by atoms with Crippen molar-refractivity contribution in [3.8, 4) is 5.75 Å². The van der Waals surface area contributed by atoms with Gasteiger partial charge in [0.1, 0.15) is 5.75 Å². The van der Waals surface area contributed by atoms with Crippen LogP contribution < -0.4 is 10.1 Å². The van der Waals surface area contributed by atoms with Crippen LogP contribution in [-0.4, -0.2) is 12.1 Å². The number of benzene rings is 1. The molecule has 0 aromatic heterocycles. The van der Waals surface area contributed by atoms with Gasteiger partial charge in [-0.05, 0) is 29.3 Å². The van der Waals surface area contributed by atoms with Crippen LogP contribution in [0.3, 0.4) is 0 Å². The fourth-order valence-electron chi connectivity index (χ4n) is 1.47. The van der Waals surface area contributed by atoms with Crippen molar-refractivity contribution in [1.29, 1.82) is 0 Å². The number of methoxy groups -OCH3 is 1. The van der Waals surface area contributed by atoms with Gasteiger partial charge in [-0.1, -0.05) is 18.3 Å². The lowest BCUT2D eigenvalue weighted by Gasteiger charge is -2.06. The summed E-state index contributed by atoms with van der Waals surface area (Å²) < 4.78 is 5.17. The average molecular weight is 205 g/mol. The fourth-order valence-corrected chi connectivity index (χ4v) is 1.70. The Bertz CT molecular complexity index is 398. The molecule has 0 bridgehead atoms. The van der Waals surface area contributed by atoms with E-state index in [0.717, 1.165) is 17.2 Å². The summed E-state index contributed by atoms with van der Waals surface area (Å²) in [4.78, 5) is 0.841. The second kappa shape index (κ2) is 3.80. The Kier molecular flexibility index (Phi) is 2.50. The topological polar surface area (TPSA) is 21.3 Å². The maximum atomic E-state index is 5.17. The average Bonchev–Trinajstić information content (AvgIpc) is 2.37. The van der Waals surface area contributed by atoms with E-state index in [4.69, 9.17) is 17.0 Å². The SMILES string of the molecule is COc1ccc2c(c1)CC(=S)NC=C2. The molecule has 1 aromatic carbocycles. The minimum atomic E-state index is 0.773. The standard InChI is InChI=1S/C11H11NOS/c1-13-10-3-2-8-4-5-12-11(14)7-9(8)6-10/h2-6H,7H2,1H3,(H,12,14). The largest absolute Gasteiger partial charge is 0.497 e. The quantitative estimate of drug-likeness (QED) is 0.710. The van der Waals surface area contributed by atoms with Crippen LogP contribution in [0.4, 0.5) is 0 Å². The summed E-state index contributed by atoms with van der Waals surface area (Å²) in [5.41, 5.74) is 2.40. The van der Waals surface area contributed by atoms with Gasteiger partial charge in [-0.25, -0.2) is 0 Å². The molecule has 0 saturated carbocycles. The number of fused-ring (bicyclic) bond motifs is 1. The van der Waals surface area contributed by atoms with Crippen molar-refractivity contribution in [2.75, 3.05) is 7.11 Å². The van der Waals surface area contributed by atoms with Crippen molar-refractivity contribution < 1.29 is 4.74 Å². The molecule has 0 amide bonds. The number of thiocarbonyl (C=S) groups is 1. The van der Waals surface area contributed by atoms with Gasteiger partial charge in [-0.15, -0.1) is 0 Å². The zero-order chi connectivity index (χ0) is 9.97. The van der Waals surface area contributed by atoms with Crippen LogP contribution in [0.2, 0.25) is 0 Å². The predicted molar refractivity (Wildman–Crippen MR) is 61.5 cm³/mol. The molecule has 0 aliphatic carbocycles. The molecule has 0 spiro atoms. The van der Waals surface area contributed by atoms with Crippen molar-refractivity contribution >= 4 is 23.3 Å². The van der Waals surface area contributed by atoms with Crippen LogP contribution in [0, 0.1) is 0 Å². The van der Waals surface area contributed by atoms with E-state index in [2.05, 4.69) is 5.32 Å². The second-order valence-electron chi connectivity index (χ2n) is 3.14. The van der Waals surface area contributed by atoms with Crippen molar-refractivity contribution in [3.63, 3.8) is 0 Å². The molecule has 14 heavy (non-hydrogen) atoms. The van der Waals surface area contributed by atoms with Crippen LogP contribution in [0.5, 0.6) is 5.75 Å². The van der Waals surface area contributed by atoms with Crippen molar-refractivity contribution in [3.05, 3.63) is 35.5 Å². The molecule has 1 aliphatic rings. The first-order valence-electron chi connectivity index (χ1n) is 4.42. The Morgan fingerprint density at radius 2 is 2.29 bits per heavy atom. The molecule has 72 valence electrons. The Morgan fingerprint density at radius 1 is 1.43 bits per heavy atom. The van der Waals surface area contributed by atoms with Gasteiger partial charge in [0.2, 0.25) is 0 Å². The highest BCUT2D eigenvalue weighted by Crippen LogP contribution is 2.20. The lowest BCUT2D eigenvalue weighted by atomic mass is 10.0. The van der Waals surface area contributed by atoms with Crippen LogP contribution in [0.15, 0.2) is 24.4 Å². The van der Waals surface area contributed by atoms with Crippen molar-refractivity contribution in [2.45, 2.75) is 6.42 Å². The minimum Gasteiger partial charge on any atom is -0.497 e. The Balaban J connectivity index is 2.44. The first-order valence-corrected chi connectivity index (χ1v) is 4.83. The summed E-state index contributed by atoms with van der Waals surface area (Å²) in [7, 11) is 1.67. The molecule has 2 rings (SSSR count). The zero-order valence-corrected chi connectivity index (χ0v) is 8.73. The van der Waals surface area contributed by atoms with E-state index in [1.807, 2.05) is 30.5 Å². The van der Waals surface area contributed by atoms with Crippen LogP contribution >= 0.6 is 12.2 Å². The van der Waals surface area contributed by atoms with E-state index in [1.165, 1.54) is 11.1 Å². The summed E-state index contributed by atoms with van der Waals surface area (Å²) >= 11 is 5.14. The van der Waals surface area contributed by atoms with Crippen molar-refractivity contribution in [2.24, 2.45) is 0 Å². The predicted octanol–water partition coefficient (Wildman–Crippen LogP) is 2.14. The maximum Gasteiger partial charge on any atom is 0.119 e. The first-order chi connectivity index (χ1) is 6.79. The molecule has 1 N–H and O–H groups in total. The van der Waals surface area contributed by atoms with E-state index in [-0.39, 0.29) is 0 Å². The van der Waals surface area contributed by atoms with Crippen LogP contribution in [0.25, 0.3) is 6.08 Å². The van der Waals surface area contributed by atoms with E-state index in [9.17, 15) is 0 Å². The molecule has 1 heterocycles. The summed E-state index contributed by atoms with van der Waals surface area (Å²) in [5, 5.41) is 3.04. The minimum absolute atomic E-state index is 0.773. The fraction of sp³-hybridized carbons (Fsp3) is 0.182. The summed E-state index contributed by atoms with van der Waals surface area (Å²) in [6.07, 6.45) is 4.67. The van der Waals surface area contributed by atoms with E-state index in [1.54, 1.807) is 7.11 Å². The lowest BCUT2D eigenvalue weighted by molar-refractivity contribution is 0.414. The third-order valence-corrected chi connectivity index (χ3v) is 2.47. The Labute approximate surface area is 88.6 Å². The Hall–Kier alpha value is -1.35. The molecular formula is C11H11NOS. The van der Waals surface area contributed by atoms with Gasteiger partial charge in [0.05, 0.1) is 12.1 Å². The smallest absolute Gasteiger partial charge is 0.119 e. The number of nitrogens with one attached hydrogen (secondary N) is 1. The summed E-state index contributed by atoms with van der Waals surface area (Å²) in [6.45, 7) is 0. The third-order valence-electron chi connectivity index (χ3n) is 2.21. The van der Waals surface area contributed by atoms with Gasteiger partial charge in [-0.3, -0.25) is 0 Å². The number of hydrogen-bond donors (Lipinski definition) is 1. The maximum absolute atomic E-state index is 5.17. The molecule has 0 fully saturated rings. The van der Waals surface area contributed by atoms with Crippen LogP contribution in [0.1, 0.15) is 11.1 Å². The van der Waals surface area contributed by atoms with Gasteiger partial charge in [0, 0.05) is 12.6 Å². The second-order valence-corrected chi connectivity index (χ2v) is 3.64. The van der Waals surface area contributed by atoms with E-state index < -0.39 is 0 Å². The molecule has 0 atom stereocenters. The first kappa shape index (κ1) is 9.21. The molecule has 0 radical (unpaired) electrons. The molecule has 2 nitrogen and oxygen atoms in total. The van der Waals surface area contributed by atoms with Crippen LogP contribution in [-0.2, 0) is 6.42 Å². The normalized spacial score (nSPS) is 14.2. The molecule has 1 aromatic rings. The Morgan fingerprint density at radius 3 is 3.07 bits per heavy atom. The molecular weight excluding hydrogens is 194 g/mol. The molecule has 3 heteroatoms. The summed E-state index contributed by atoms with van der Waals surface area (Å²) in [6, 6.07) is 6.02. The molecule has 0 saturated heterocycles. The van der Waals surface area contributed by atoms with Gasteiger partial charge >= 0.3 is 0 Å². The zero-order valence-electron chi connectivity index (χ0n) is 7.91. The van der Waals surface area contributed by atoms with Crippen molar-refractivity contribution in [1.82, 2.24) is 5.32 Å². The highest BCUT2D eigenvalue weighted by atomic mass is 32.1. The number of rotatable bonds is 1. The molecule has 0 unspecified atom stereocenters. The number of ether oxygens (including phenoxy) is 1. The van der Waals surface area contributed by atoms with E-state index in [0.29, 0.717) is 0 Å². The monoisotopic (exact) mass is 205 g/mol. The van der Waals surface area contributed by atoms with Gasteiger partial charge in [0.25, 0.3) is 0 Å². The van der Waals surface area contributed by atoms with Gasteiger partial charge < -0.3 is 10.1 Å². The highest BCUT2D eigenvalue weighted by Gasteiger charge is 2.07. The van der Waals surface area contributed by atoms with E-state index >= 15 is 0 Å². The lowest BCUT2D eigenvalue weighted by Crippen LogP contribution is -2.15. The van der Waals surface area contributed by atoms with Gasteiger partial charge in [0.15, 0.2) is 0 Å².